The van der Waals surface area contributed by atoms with E-state index in [4.69, 9.17) is 37.9 Å². The van der Waals surface area contributed by atoms with Crippen molar-refractivity contribution in [3.05, 3.63) is 56.5 Å². The van der Waals surface area contributed by atoms with Gasteiger partial charge >= 0.3 is 0 Å². The minimum absolute atomic E-state index is 0.303. The fourth-order valence-corrected chi connectivity index (χ4v) is 2.67. The third-order valence-corrected chi connectivity index (χ3v) is 3.60. The first-order chi connectivity index (χ1) is 10.1. The summed E-state index contributed by atoms with van der Waals surface area (Å²) < 4.78 is 11.7. The van der Waals surface area contributed by atoms with Gasteiger partial charge in [-0.3, -0.25) is 0 Å². The zero-order valence-corrected chi connectivity index (χ0v) is 13.9. The highest BCUT2D eigenvalue weighted by Crippen LogP contribution is 2.32. The van der Waals surface area contributed by atoms with E-state index in [1.54, 1.807) is 36.4 Å². The van der Waals surface area contributed by atoms with Gasteiger partial charge in [-0.05, 0) is 52.3 Å². The molecule has 0 saturated heterocycles. The molecular formula is C15H10BrCl2NO2. The molecule has 6 heteroatoms. The Kier molecular flexibility index (Phi) is 5.75. The van der Waals surface area contributed by atoms with Crippen LogP contribution in [0, 0.1) is 11.3 Å². The van der Waals surface area contributed by atoms with E-state index in [1.807, 2.05) is 6.07 Å². The van der Waals surface area contributed by atoms with Crippen LogP contribution >= 0.6 is 39.1 Å². The maximum atomic E-state index is 9.07. The molecular weight excluding hydrogens is 377 g/mol. The van der Waals surface area contributed by atoms with Crippen molar-refractivity contribution in [1.82, 2.24) is 0 Å². The smallest absolute Gasteiger partial charge is 0.151 e. The van der Waals surface area contributed by atoms with Crippen molar-refractivity contribution >= 4 is 39.1 Å². The molecule has 0 atom stereocenters. The fourth-order valence-electron chi connectivity index (χ4n) is 1.62. The average Bonchev–Trinajstić information content (AvgIpc) is 2.46. The van der Waals surface area contributed by atoms with Gasteiger partial charge in [0.2, 0.25) is 0 Å². The highest BCUT2D eigenvalue weighted by Gasteiger charge is 2.10. The van der Waals surface area contributed by atoms with E-state index in [0.717, 1.165) is 0 Å². The highest BCUT2D eigenvalue weighted by atomic mass is 79.9. The van der Waals surface area contributed by atoms with Crippen molar-refractivity contribution in [3.63, 3.8) is 0 Å². The van der Waals surface area contributed by atoms with E-state index in [1.165, 1.54) is 0 Å². The summed E-state index contributed by atoms with van der Waals surface area (Å²) in [5, 5.41) is 10.2. The summed E-state index contributed by atoms with van der Waals surface area (Å²) in [6.45, 7) is 0.652. The van der Waals surface area contributed by atoms with Crippen molar-refractivity contribution < 1.29 is 9.47 Å². The van der Waals surface area contributed by atoms with Gasteiger partial charge in [-0.1, -0.05) is 23.2 Å². The average molecular weight is 387 g/mol. The topological polar surface area (TPSA) is 42.2 Å². The second-order valence-corrected chi connectivity index (χ2v) is 5.75. The summed E-state index contributed by atoms with van der Waals surface area (Å²) in [7, 11) is 0. The van der Waals surface area contributed by atoms with E-state index in [9.17, 15) is 0 Å². The van der Waals surface area contributed by atoms with Gasteiger partial charge in [0.05, 0.1) is 10.0 Å². The van der Waals surface area contributed by atoms with E-state index in [0.29, 0.717) is 44.8 Å². The molecule has 0 spiro atoms. The molecule has 3 nitrogen and oxygen atoms in total. The van der Waals surface area contributed by atoms with Crippen LogP contribution in [-0.2, 0) is 0 Å². The molecule has 0 aromatic heterocycles. The number of ether oxygens (including phenoxy) is 2. The van der Waals surface area contributed by atoms with Gasteiger partial charge < -0.3 is 9.47 Å². The van der Waals surface area contributed by atoms with Crippen molar-refractivity contribution in [3.8, 4) is 17.6 Å². The minimum Gasteiger partial charge on any atom is -0.490 e. The number of rotatable bonds is 5. The Hall–Kier alpha value is -1.41. The van der Waals surface area contributed by atoms with Crippen LogP contribution in [0.1, 0.15) is 5.56 Å². The first kappa shape index (κ1) is 16.0. The molecule has 0 aliphatic heterocycles. The van der Waals surface area contributed by atoms with Gasteiger partial charge in [-0.15, -0.1) is 0 Å². The molecule has 0 bridgehead atoms. The molecule has 0 amide bonds. The van der Waals surface area contributed by atoms with Crippen LogP contribution in [0.2, 0.25) is 10.0 Å². The lowest BCUT2D eigenvalue weighted by molar-refractivity contribution is 0.216. The molecule has 0 radical (unpaired) electrons. The Labute approximate surface area is 141 Å². The molecule has 2 aromatic carbocycles. The number of nitrogens with zero attached hydrogens (tertiary/aromatic N) is 1. The summed E-state index contributed by atoms with van der Waals surface area (Å²) in [6.07, 6.45) is 0. The Morgan fingerprint density at radius 2 is 1.67 bits per heavy atom. The summed E-state index contributed by atoms with van der Waals surface area (Å²) in [4.78, 5) is 0. The van der Waals surface area contributed by atoms with E-state index in [2.05, 4.69) is 15.9 Å². The lowest BCUT2D eigenvalue weighted by atomic mass is 10.2. The molecule has 0 N–H and O–H groups in total. The van der Waals surface area contributed by atoms with Crippen LogP contribution in [0.15, 0.2) is 40.9 Å². The van der Waals surface area contributed by atoms with Gasteiger partial charge in [0, 0.05) is 10.0 Å². The number of benzene rings is 2. The highest BCUT2D eigenvalue weighted by molar-refractivity contribution is 9.10. The van der Waals surface area contributed by atoms with Crippen molar-refractivity contribution in [2.45, 2.75) is 0 Å². The largest absolute Gasteiger partial charge is 0.490 e. The lowest BCUT2D eigenvalue weighted by Gasteiger charge is -2.11. The van der Waals surface area contributed by atoms with Gasteiger partial charge in [0.1, 0.15) is 25.0 Å². The quantitative estimate of drug-likeness (QED) is 0.672. The standard InChI is InChI=1S/C15H10BrCl2NO2/c16-14-8-12(18)7-10(9-19)15(14)21-6-5-20-13-3-1-11(17)2-4-13/h1-4,7-8H,5-6H2. The van der Waals surface area contributed by atoms with E-state index in [-0.39, 0.29) is 0 Å². The fraction of sp³-hybridized carbons (Fsp3) is 0.133. The Morgan fingerprint density at radius 1 is 1.00 bits per heavy atom. The Bertz CT molecular complexity index is 669. The molecule has 0 heterocycles. The van der Waals surface area contributed by atoms with Gasteiger partial charge in [-0.2, -0.15) is 5.26 Å². The van der Waals surface area contributed by atoms with Gasteiger partial charge in [0.15, 0.2) is 5.75 Å². The van der Waals surface area contributed by atoms with Crippen LogP contribution in [0.25, 0.3) is 0 Å². The molecule has 2 aromatic rings. The normalized spacial score (nSPS) is 10.0. The van der Waals surface area contributed by atoms with Gasteiger partial charge in [0.25, 0.3) is 0 Å². The first-order valence-corrected chi connectivity index (χ1v) is 7.55. The van der Waals surface area contributed by atoms with Crippen LogP contribution in [0.3, 0.4) is 0 Å². The number of halogens is 3. The minimum atomic E-state index is 0.303. The molecule has 0 saturated carbocycles. The van der Waals surface area contributed by atoms with Crippen LogP contribution in [0.5, 0.6) is 11.5 Å². The maximum Gasteiger partial charge on any atom is 0.151 e. The van der Waals surface area contributed by atoms with Crippen LogP contribution in [-0.4, -0.2) is 13.2 Å². The predicted molar refractivity (Wildman–Crippen MR) is 86.3 cm³/mol. The zero-order valence-electron chi connectivity index (χ0n) is 10.8. The summed E-state index contributed by atoms with van der Waals surface area (Å²) in [5.41, 5.74) is 0.376. The molecule has 2 rings (SSSR count). The molecule has 108 valence electrons. The van der Waals surface area contributed by atoms with Crippen LogP contribution < -0.4 is 9.47 Å². The predicted octanol–water partition coefficient (Wildman–Crippen LogP) is 5.09. The molecule has 0 aliphatic carbocycles. The third kappa shape index (κ3) is 4.53. The first-order valence-electron chi connectivity index (χ1n) is 6.00. The molecule has 0 fully saturated rings. The maximum absolute atomic E-state index is 9.07. The monoisotopic (exact) mass is 385 g/mol. The lowest BCUT2D eigenvalue weighted by Crippen LogP contribution is -2.10. The molecule has 21 heavy (non-hydrogen) atoms. The SMILES string of the molecule is N#Cc1cc(Cl)cc(Br)c1OCCOc1ccc(Cl)cc1. The summed E-state index contributed by atoms with van der Waals surface area (Å²) >= 11 is 15.0. The number of hydrogen-bond donors (Lipinski definition) is 0. The second kappa shape index (κ2) is 7.56. The van der Waals surface area contributed by atoms with E-state index < -0.39 is 0 Å². The summed E-state index contributed by atoms with van der Waals surface area (Å²) in [6, 6.07) is 12.3. The van der Waals surface area contributed by atoms with Crippen LogP contribution in [0.4, 0.5) is 0 Å². The van der Waals surface area contributed by atoms with Crippen molar-refractivity contribution in [2.24, 2.45) is 0 Å². The van der Waals surface area contributed by atoms with E-state index >= 15 is 0 Å². The van der Waals surface area contributed by atoms with Crippen molar-refractivity contribution in [2.75, 3.05) is 13.2 Å². The second-order valence-electron chi connectivity index (χ2n) is 4.03. The molecule has 0 unspecified atom stereocenters. The molecule has 0 aliphatic rings. The van der Waals surface area contributed by atoms with Gasteiger partial charge in [-0.25, -0.2) is 0 Å². The Morgan fingerprint density at radius 3 is 2.33 bits per heavy atom. The number of nitriles is 1. The Balaban J connectivity index is 1.92. The third-order valence-electron chi connectivity index (χ3n) is 2.54. The number of hydrogen-bond acceptors (Lipinski definition) is 3. The summed E-state index contributed by atoms with van der Waals surface area (Å²) in [5.74, 6) is 1.17. The zero-order chi connectivity index (χ0) is 15.2. The van der Waals surface area contributed by atoms with Crippen molar-refractivity contribution in [1.29, 1.82) is 5.26 Å².